The molecule has 1 aliphatic heterocycles. The first-order valence-corrected chi connectivity index (χ1v) is 9.52. The highest BCUT2D eigenvalue weighted by Gasteiger charge is 2.25. The van der Waals surface area contributed by atoms with Crippen molar-refractivity contribution in [1.29, 1.82) is 0 Å². The predicted octanol–water partition coefficient (Wildman–Crippen LogP) is 3.91. The SMILES string of the molecule is CC(=O)Nc1ccccc1NC(=O)C1=Cc2c(C)c(OC(C)=O)c(C)c(C)c2OC1. The monoisotopic (exact) mass is 408 g/mol. The molecule has 0 atom stereocenters. The Morgan fingerprint density at radius 1 is 0.933 bits per heavy atom. The van der Waals surface area contributed by atoms with Crippen LogP contribution in [0.1, 0.15) is 36.1 Å². The van der Waals surface area contributed by atoms with E-state index in [1.807, 2.05) is 20.8 Å². The number of ether oxygens (including phenoxy) is 2. The number of carbonyl (C=O) groups is 3. The quantitative estimate of drug-likeness (QED) is 0.591. The topological polar surface area (TPSA) is 93.7 Å². The number of esters is 1. The van der Waals surface area contributed by atoms with Crippen molar-refractivity contribution < 1.29 is 23.9 Å². The molecule has 3 rings (SSSR count). The molecular weight excluding hydrogens is 384 g/mol. The lowest BCUT2D eigenvalue weighted by molar-refractivity contribution is -0.132. The molecule has 2 aromatic rings. The molecule has 2 amide bonds. The summed E-state index contributed by atoms with van der Waals surface area (Å²) in [5.74, 6) is 0.177. The van der Waals surface area contributed by atoms with Gasteiger partial charge in [0.05, 0.1) is 16.9 Å². The van der Waals surface area contributed by atoms with E-state index < -0.39 is 5.97 Å². The van der Waals surface area contributed by atoms with Crippen LogP contribution in [0.2, 0.25) is 0 Å². The van der Waals surface area contributed by atoms with E-state index in [4.69, 9.17) is 9.47 Å². The molecule has 156 valence electrons. The first kappa shape index (κ1) is 21.1. The Morgan fingerprint density at radius 2 is 1.57 bits per heavy atom. The van der Waals surface area contributed by atoms with E-state index in [0.29, 0.717) is 34.0 Å². The second-order valence-electron chi connectivity index (χ2n) is 7.18. The molecule has 0 aromatic heterocycles. The van der Waals surface area contributed by atoms with Crippen molar-refractivity contribution in [2.45, 2.75) is 34.6 Å². The lowest BCUT2D eigenvalue weighted by Crippen LogP contribution is -2.23. The fourth-order valence-electron chi connectivity index (χ4n) is 3.36. The summed E-state index contributed by atoms with van der Waals surface area (Å²) in [4.78, 5) is 35.8. The van der Waals surface area contributed by atoms with Crippen molar-refractivity contribution >= 4 is 35.2 Å². The van der Waals surface area contributed by atoms with Crippen LogP contribution in [0.5, 0.6) is 11.5 Å². The maximum Gasteiger partial charge on any atom is 0.308 e. The molecule has 0 unspecified atom stereocenters. The maximum atomic E-state index is 12.9. The Kier molecular flexibility index (Phi) is 5.91. The minimum Gasteiger partial charge on any atom is -0.488 e. The Balaban J connectivity index is 1.96. The summed E-state index contributed by atoms with van der Waals surface area (Å²) in [5, 5.41) is 5.51. The zero-order chi connectivity index (χ0) is 22.0. The second-order valence-corrected chi connectivity index (χ2v) is 7.18. The van der Waals surface area contributed by atoms with Gasteiger partial charge in [0.1, 0.15) is 18.1 Å². The van der Waals surface area contributed by atoms with E-state index >= 15 is 0 Å². The summed E-state index contributed by atoms with van der Waals surface area (Å²) >= 11 is 0. The number of anilines is 2. The van der Waals surface area contributed by atoms with Gasteiger partial charge in [-0.2, -0.15) is 0 Å². The van der Waals surface area contributed by atoms with Gasteiger partial charge in [-0.25, -0.2) is 0 Å². The van der Waals surface area contributed by atoms with Crippen LogP contribution < -0.4 is 20.1 Å². The molecule has 0 saturated carbocycles. The van der Waals surface area contributed by atoms with Crippen molar-refractivity contribution in [1.82, 2.24) is 0 Å². The number of para-hydroxylation sites is 2. The lowest BCUT2D eigenvalue weighted by Gasteiger charge is -2.24. The zero-order valence-electron chi connectivity index (χ0n) is 17.6. The summed E-state index contributed by atoms with van der Waals surface area (Å²) in [6.07, 6.45) is 1.75. The standard InChI is InChI=1S/C23H24N2O5/c1-12-13(2)22-18(14(3)21(12)30-16(5)27)10-17(11-29-22)23(28)25-20-9-7-6-8-19(20)24-15(4)26/h6-10H,11H2,1-5H3,(H,24,26)(H,25,28). The number of carbonyl (C=O) groups excluding carboxylic acids is 3. The van der Waals surface area contributed by atoms with Gasteiger partial charge in [0, 0.05) is 25.0 Å². The molecule has 1 heterocycles. The smallest absolute Gasteiger partial charge is 0.308 e. The van der Waals surface area contributed by atoms with Crippen LogP contribution in [0.25, 0.3) is 6.08 Å². The van der Waals surface area contributed by atoms with Crippen LogP contribution >= 0.6 is 0 Å². The molecule has 1 aliphatic rings. The van der Waals surface area contributed by atoms with Gasteiger partial charge in [-0.05, 0) is 50.1 Å². The van der Waals surface area contributed by atoms with Crippen LogP contribution in [-0.2, 0) is 14.4 Å². The van der Waals surface area contributed by atoms with Crippen LogP contribution in [0.4, 0.5) is 11.4 Å². The van der Waals surface area contributed by atoms with Crippen molar-refractivity contribution in [3.8, 4) is 11.5 Å². The van der Waals surface area contributed by atoms with Crippen molar-refractivity contribution in [3.05, 3.63) is 52.1 Å². The Bertz CT molecular complexity index is 1090. The van der Waals surface area contributed by atoms with E-state index in [2.05, 4.69) is 10.6 Å². The predicted molar refractivity (Wildman–Crippen MR) is 115 cm³/mol. The van der Waals surface area contributed by atoms with Crippen LogP contribution in [0, 0.1) is 20.8 Å². The van der Waals surface area contributed by atoms with Gasteiger partial charge in [-0.1, -0.05) is 12.1 Å². The number of rotatable bonds is 4. The van der Waals surface area contributed by atoms with Gasteiger partial charge in [0.15, 0.2) is 0 Å². The third-order valence-electron chi connectivity index (χ3n) is 4.95. The van der Waals surface area contributed by atoms with Crippen molar-refractivity contribution in [3.63, 3.8) is 0 Å². The summed E-state index contributed by atoms with van der Waals surface area (Å²) < 4.78 is 11.3. The van der Waals surface area contributed by atoms with E-state index in [1.165, 1.54) is 13.8 Å². The molecule has 0 aliphatic carbocycles. The Labute approximate surface area is 175 Å². The molecule has 2 N–H and O–H groups in total. The number of fused-ring (bicyclic) bond motifs is 1. The fourth-order valence-corrected chi connectivity index (χ4v) is 3.36. The molecule has 0 bridgehead atoms. The summed E-state index contributed by atoms with van der Waals surface area (Å²) in [6.45, 7) is 8.45. The average molecular weight is 408 g/mol. The maximum absolute atomic E-state index is 12.9. The van der Waals surface area contributed by atoms with Gasteiger partial charge >= 0.3 is 5.97 Å². The van der Waals surface area contributed by atoms with E-state index in [0.717, 1.165) is 16.7 Å². The summed E-state index contributed by atoms with van der Waals surface area (Å²) in [7, 11) is 0. The Hall–Kier alpha value is -3.61. The first-order chi connectivity index (χ1) is 14.2. The average Bonchev–Trinajstić information content (AvgIpc) is 2.70. The van der Waals surface area contributed by atoms with Crippen molar-refractivity contribution in [2.75, 3.05) is 17.2 Å². The third-order valence-corrected chi connectivity index (χ3v) is 4.95. The number of hydrogen-bond acceptors (Lipinski definition) is 5. The molecule has 0 saturated heterocycles. The zero-order valence-corrected chi connectivity index (χ0v) is 17.6. The normalized spacial score (nSPS) is 12.2. The van der Waals surface area contributed by atoms with E-state index in [9.17, 15) is 14.4 Å². The molecule has 2 aromatic carbocycles. The highest BCUT2D eigenvalue weighted by atomic mass is 16.5. The first-order valence-electron chi connectivity index (χ1n) is 9.52. The van der Waals surface area contributed by atoms with Crippen molar-refractivity contribution in [2.24, 2.45) is 0 Å². The minimum absolute atomic E-state index is 0.105. The fraction of sp³-hybridized carbons (Fsp3) is 0.261. The molecular formula is C23H24N2O5. The molecule has 7 nitrogen and oxygen atoms in total. The molecule has 0 spiro atoms. The second kappa shape index (κ2) is 8.41. The number of nitrogens with one attached hydrogen (secondary N) is 2. The molecule has 30 heavy (non-hydrogen) atoms. The molecule has 0 radical (unpaired) electrons. The third kappa shape index (κ3) is 4.20. The minimum atomic E-state index is -0.409. The van der Waals surface area contributed by atoms with Gasteiger partial charge in [-0.15, -0.1) is 0 Å². The Morgan fingerprint density at radius 3 is 2.17 bits per heavy atom. The van der Waals surface area contributed by atoms with Gasteiger partial charge in [0.2, 0.25) is 5.91 Å². The summed E-state index contributed by atoms with van der Waals surface area (Å²) in [6, 6.07) is 6.95. The van der Waals surface area contributed by atoms with Gasteiger partial charge < -0.3 is 20.1 Å². The highest BCUT2D eigenvalue weighted by molar-refractivity contribution is 6.10. The van der Waals surface area contributed by atoms with Crippen LogP contribution in [0.15, 0.2) is 29.8 Å². The molecule has 0 fully saturated rings. The highest BCUT2D eigenvalue weighted by Crippen LogP contribution is 2.41. The number of hydrogen-bond donors (Lipinski definition) is 2. The largest absolute Gasteiger partial charge is 0.488 e. The van der Waals surface area contributed by atoms with Gasteiger partial charge in [0.25, 0.3) is 5.91 Å². The van der Waals surface area contributed by atoms with Crippen LogP contribution in [-0.4, -0.2) is 24.4 Å². The van der Waals surface area contributed by atoms with E-state index in [1.54, 1.807) is 30.3 Å². The van der Waals surface area contributed by atoms with E-state index in [-0.39, 0.29) is 18.4 Å². The lowest BCUT2D eigenvalue weighted by atomic mass is 9.94. The molecule has 7 heteroatoms. The number of benzene rings is 2. The summed E-state index contributed by atoms with van der Waals surface area (Å²) in [5.41, 5.74) is 4.54. The van der Waals surface area contributed by atoms with Crippen LogP contribution in [0.3, 0.4) is 0 Å². The van der Waals surface area contributed by atoms with Gasteiger partial charge in [-0.3, -0.25) is 14.4 Å². The number of amides is 2.